The number of tetrazole rings is 1. The highest BCUT2D eigenvalue weighted by Crippen LogP contribution is 2.28. The molecule has 0 atom stereocenters. The van der Waals surface area contributed by atoms with Crippen LogP contribution >= 0.6 is 11.3 Å². The summed E-state index contributed by atoms with van der Waals surface area (Å²) in [6, 6.07) is 13.4. The molecule has 0 fully saturated rings. The second-order valence-electron chi connectivity index (χ2n) is 6.08. The molecule has 0 aliphatic carbocycles. The highest BCUT2D eigenvalue weighted by atomic mass is 32.1. The van der Waals surface area contributed by atoms with Crippen molar-refractivity contribution in [3.8, 4) is 16.9 Å². The number of rotatable bonds is 4. The molecule has 4 aromatic rings. The van der Waals surface area contributed by atoms with Gasteiger partial charge in [0.05, 0.1) is 16.9 Å². The van der Waals surface area contributed by atoms with Crippen LogP contribution in [0.3, 0.4) is 0 Å². The fourth-order valence-corrected chi connectivity index (χ4v) is 3.56. The minimum Gasteiger partial charge on any atom is -0.298 e. The molecule has 0 spiro atoms. The topological polar surface area (TPSA) is 85.6 Å². The normalized spacial score (nSPS) is 10.7. The Bertz CT molecular complexity index is 1100. The highest BCUT2D eigenvalue weighted by Gasteiger charge is 2.15. The van der Waals surface area contributed by atoms with Crippen LogP contribution in [0.5, 0.6) is 0 Å². The number of carbonyl (C=O) groups excluding carboxylic acids is 1. The number of amides is 1. The first-order valence-electron chi connectivity index (χ1n) is 8.29. The van der Waals surface area contributed by atoms with Crippen molar-refractivity contribution in [1.29, 1.82) is 0 Å². The fourth-order valence-electron chi connectivity index (χ4n) is 2.86. The molecule has 1 N–H and O–H groups in total. The number of aromatic nitrogens is 5. The molecule has 4 rings (SSSR count). The molecule has 27 heavy (non-hydrogen) atoms. The smallest absolute Gasteiger partial charge is 0.259 e. The molecule has 2 aromatic carbocycles. The van der Waals surface area contributed by atoms with Gasteiger partial charge in [-0.25, -0.2) is 4.98 Å². The van der Waals surface area contributed by atoms with Gasteiger partial charge in [-0.2, -0.15) is 4.68 Å². The zero-order chi connectivity index (χ0) is 18.8. The summed E-state index contributed by atoms with van der Waals surface area (Å²) in [4.78, 5) is 17.3. The maximum absolute atomic E-state index is 12.8. The molecule has 8 heteroatoms. The van der Waals surface area contributed by atoms with Gasteiger partial charge in [-0.3, -0.25) is 10.1 Å². The van der Waals surface area contributed by atoms with Gasteiger partial charge in [0, 0.05) is 10.9 Å². The van der Waals surface area contributed by atoms with E-state index in [4.69, 9.17) is 0 Å². The van der Waals surface area contributed by atoms with E-state index in [1.54, 1.807) is 18.2 Å². The molecular weight excluding hydrogens is 360 g/mol. The van der Waals surface area contributed by atoms with Gasteiger partial charge in [-0.15, -0.1) is 16.4 Å². The molecule has 0 aliphatic rings. The average molecular weight is 376 g/mol. The number of anilines is 1. The van der Waals surface area contributed by atoms with Crippen LogP contribution in [0.1, 0.15) is 21.5 Å². The largest absolute Gasteiger partial charge is 0.298 e. The summed E-state index contributed by atoms with van der Waals surface area (Å²) in [5.74, 6) is -0.261. The van der Waals surface area contributed by atoms with Crippen LogP contribution in [0.25, 0.3) is 16.9 Å². The number of nitrogens with zero attached hydrogens (tertiary/aromatic N) is 5. The third-order valence-electron chi connectivity index (χ3n) is 4.13. The van der Waals surface area contributed by atoms with Gasteiger partial charge >= 0.3 is 0 Å². The third-order valence-corrected chi connectivity index (χ3v) is 4.88. The van der Waals surface area contributed by atoms with Crippen LogP contribution in [0.2, 0.25) is 0 Å². The first-order chi connectivity index (χ1) is 13.1. The predicted octanol–water partition coefficient (Wildman–Crippen LogP) is 3.65. The van der Waals surface area contributed by atoms with Gasteiger partial charge in [0.25, 0.3) is 5.91 Å². The molecule has 2 heterocycles. The SMILES string of the molecule is Cc1ccc(-c2csc(NC(=O)c3ccccc3-n3cnnn3)n2)c(C)c1. The van der Waals surface area contributed by atoms with E-state index in [1.807, 2.05) is 11.4 Å². The van der Waals surface area contributed by atoms with E-state index in [-0.39, 0.29) is 5.91 Å². The first-order valence-corrected chi connectivity index (χ1v) is 9.16. The van der Waals surface area contributed by atoms with Crippen molar-refractivity contribution >= 4 is 22.4 Å². The van der Waals surface area contributed by atoms with Crippen molar-refractivity contribution in [1.82, 2.24) is 25.2 Å². The number of benzene rings is 2. The van der Waals surface area contributed by atoms with Crippen molar-refractivity contribution in [2.24, 2.45) is 0 Å². The van der Waals surface area contributed by atoms with Crippen LogP contribution in [0.15, 0.2) is 54.2 Å². The zero-order valence-corrected chi connectivity index (χ0v) is 15.6. The lowest BCUT2D eigenvalue weighted by Gasteiger charge is -2.07. The minimum absolute atomic E-state index is 0.261. The molecule has 0 bridgehead atoms. The Labute approximate surface area is 159 Å². The van der Waals surface area contributed by atoms with Gasteiger partial charge in [0.15, 0.2) is 5.13 Å². The Hall–Kier alpha value is -3.39. The summed E-state index contributed by atoms with van der Waals surface area (Å²) >= 11 is 1.39. The van der Waals surface area contributed by atoms with Gasteiger partial charge < -0.3 is 0 Å². The van der Waals surface area contributed by atoms with Crippen molar-refractivity contribution in [3.63, 3.8) is 0 Å². The summed E-state index contributed by atoms with van der Waals surface area (Å²) in [5.41, 5.74) is 5.34. The number of aryl methyl sites for hydroxylation is 2. The molecule has 1 amide bonds. The molecule has 0 unspecified atom stereocenters. The minimum atomic E-state index is -0.261. The molecule has 7 nitrogen and oxygen atoms in total. The van der Waals surface area contributed by atoms with Crippen LogP contribution < -0.4 is 5.32 Å². The van der Waals surface area contributed by atoms with E-state index in [0.717, 1.165) is 16.8 Å². The van der Waals surface area contributed by atoms with Crippen molar-refractivity contribution in [2.75, 3.05) is 5.32 Å². The quantitative estimate of drug-likeness (QED) is 0.587. The molecule has 0 radical (unpaired) electrons. The number of thiazole rings is 1. The van der Waals surface area contributed by atoms with Gasteiger partial charge in [0.1, 0.15) is 6.33 Å². The van der Waals surface area contributed by atoms with E-state index >= 15 is 0 Å². The maximum atomic E-state index is 12.8. The first kappa shape index (κ1) is 17.0. The maximum Gasteiger partial charge on any atom is 0.259 e. The summed E-state index contributed by atoms with van der Waals surface area (Å²) in [7, 11) is 0. The molecule has 0 aliphatic heterocycles. The zero-order valence-electron chi connectivity index (χ0n) is 14.7. The third kappa shape index (κ3) is 3.47. The monoisotopic (exact) mass is 376 g/mol. The Morgan fingerprint density at radius 2 is 2.00 bits per heavy atom. The second-order valence-corrected chi connectivity index (χ2v) is 6.94. The highest BCUT2D eigenvalue weighted by molar-refractivity contribution is 7.14. The molecule has 134 valence electrons. The lowest BCUT2D eigenvalue weighted by molar-refractivity contribution is 0.102. The molecule has 2 aromatic heterocycles. The van der Waals surface area contributed by atoms with Gasteiger partial charge in [-0.1, -0.05) is 35.9 Å². The van der Waals surface area contributed by atoms with Crippen LogP contribution in [-0.4, -0.2) is 31.1 Å². The summed E-state index contributed by atoms with van der Waals surface area (Å²) in [6.45, 7) is 4.12. The lowest BCUT2D eigenvalue weighted by Crippen LogP contribution is -2.15. The van der Waals surface area contributed by atoms with Crippen molar-refractivity contribution in [2.45, 2.75) is 13.8 Å². The molecule has 0 saturated heterocycles. The predicted molar refractivity (Wildman–Crippen MR) is 104 cm³/mol. The molecular formula is C19H16N6OS. The van der Waals surface area contributed by atoms with E-state index in [2.05, 4.69) is 57.9 Å². The van der Waals surface area contributed by atoms with Gasteiger partial charge in [0.2, 0.25) is 0 Å². The fraction of sp³-hybridized carbons (Fsp3) is 0.105. The Kier molecular flexibility index (Phi) is 4.47. The second kappa shape index (κ2) is 7.08. The number of hydrogen-bond donors (Lipinski definition) is 1. The summed E-state index contributed by atoms with van der Waals surface area (Å²) < 4.78 is 1.46. The summed E-state index contributed by atoms with van der Waals surface area (Å²) in [6.07, 6.45) is 1.45. The van der Waals surface area contributed by atoms with Crippen LogP contribution in [0.4, 0.5) is 5.13 Å². The van der Waals surface area contributed by atoms with Gasteiger partial charge in [-0.05, 0) is 42.0 Å². The average Bonchev–Trinajstić information content (AvgIpc) is 3.34. The van der Waals surface area contributed by atoms with E-state index in [1.165, 1.54) is 27.9 Å². The number of carbonyl (C=O) groups is 1. The number of nitrogens with one attached hydrogen (secondary N) is 1. The summed E-state index contributed by atoms with van der Waals surface area (Å²) in [5, 5.41) is 16.5. The van der Waals surface area contributed by atoms with Crippen molar-refractivity contribution in [3.05, 3.63) is 70.9 Å². The lowest BCUT2D eigenvalue weighted by atomic mass is 10.0. The molecule has 0 saturated carbocycles. The van der Waals surface area contributed by atoms with Crippen molar-refractivity contribution < 1.29 is 4.79 Å². The van der Waals surface area contributed by atoms with E-state index in [9.17, 15) is 4.79 Å². The van der Waals surface area contributed by atoms with Crippen LogP contribution in [0, 0.1) is 13.8 Å². The number of para-hydroxylation sites is 1. The van der Waals surface area contributed by atoms with E-state index < -0.39 is 0 Å². The van der Waals surface area contributed by atoms with E-state index in [0.29, 0.717) is 16.4 Å². The Balaban J connectivity index is 1.59. The standard InChI is InChI=1S/C19H16N6OS/c1-12-7-8-14(13(2)9-12)16-10-27-19(21-16)22-18(26)15-5-3-4-6-17(15)25-11-20-23-24-25/h3-11H,1-2H3,(H,21,22,26). The Morgan fingerprint density at radius 1 is 1.15 bits per heavy atom. The number of hydrogen-bond acceptors (Lipinski definition) is 6. The Morgan fingerprint density at radius 3 is 2.78 bits per heavy atom. The van der Waals surface area contributed by atoms with Crippen LogP contribution in [-0.2, 0) is 0 Å².